The molecule has 0 radical (unpaired) electrons. The van der Waals surface area contributed by atoms with Gasteiger partial charge in [0.25, 0.3) is 0 Å². The van der Waals surface area contributed by atoms with E-state index in [9.17, 15) is 4.79 Å². The third kappa shape index (κ3) is 3.56. The molecule has 18 heavy (non-hydrogen) atoms. The first-order valence-electron chi connectivity index (χ1n) is 6.47. The Morgan fingerprint density at radius 1 is 1.39 bits per heavy atom. The topological polar surface area (TPSA) is 41.1 Å². The maximum Gasteiger partial charge on any atom is 0.241 e. The summed E-state index contributed by atoms with van der Waals surface area (Å²) in [6, 6.07) is 5.85. The Morgan fingerprint density at radius 2 is 2.22 bits per heavy atom. The number of rotatable bonds is 2. The first-order valence-corrected chi connectivity index (χ1v) is 7.26. The van der Waals surface area contributed by atoms with Crippen LogP contribution < -0.4 is 10.6 Å². The second-order valence-electron chi connectivity index (χ2n) is 4.80. The van der Waals surface area contributed by atoms with Gasteiger partial charge in [0.1, 0.15) is 0 Å². The minimum Gasteiger partial charge on any atom is -0.324 e. The Bertz CT molecular complexity index is 426. The molecule has 1 unspecified atom stereocenters. The SMILES string of the molecule is Cc1cc(Br)ccc1NC(=O)C1CCCCCN1. The normalized spacial score (nSPS) is 20.2. The number of hydrogen-bond acceptors (Lipinski definition) is 2. The van der Waals surface area contributed by atoms with E-state index in [0.717, 1.165) is 35.1 Å². The molecule has 0 bridgehead atoms. The van der Waals surface area contributed by atoms with E-state index in [4.69, 9.17) is 0 Å². The van der Waals surface area contributed by atoms with Gasteiger partial charge in [-0.25, -0.2) is 0 Å². The lowest BCUT2D eigenvalue weighted by Crippen LogP contribution is -2.39. The molecule has 1 aromatic rings. The van der Waals surface area contributed by atoms with E-state index in [1.165, 1.54) is 12.8 Å². The number of halogens is 1. The second kappa shape index (κ2) is 6.34. The van der Waals surface area contributed by atoms with E-state index in [-0.39, 0.29) is 11.9 Å². The highest BCUT2D eigenvalue weighted by Gasteiger charge is 2.19. The molecule has 0 aliphatic carbocycles. The summed E-state index contributed by atoms with van der Waals surface area (Å²) in [7, 11) is 0. The van der Waals surface area contributed by atoms with Crippen LogP contribution in [0.5, 0.6) is 0 Å². The minimum atomic E-state index is -0.0458. The monoisotopic (exact) mass is 310 g/mol. The maximum atomic E-state index is 12.2. The molecule has 1 aliphatic heterocycles. The number of hydrogen-bond donors (Lipinski definition) is 2. The van der Waals surface area contributed by atoms with Crippen LogP contribution in [0.1, 0.15) is 31.2 Å². The number of amides is 1. The van der Waals surface area contributed by atoms with Gasteiger partial charge in [-0.05, 0) is 50.1 Å². The highest BCUT2D eigenvalue weighted by molar-refractivity contribution is 9.10. The fraction of sp³-hybridized carbons (Fsp3) is 0.500. The molecular weight excluding hydrogens is 292 g/mol. The number of carbonyl (C=O) groups excluding carboxylic acids is 1. The lowest BCUT2D eigenvalue weighted by atomic mass is 10.1. The van der Waals surface area contributed by atoms with Crippen molar-refractivity contribution in [3.63, 3.8) is 0 Å². The molecule has 98 valence electrons. The summed E-state index contributed by atoms with van der Waals surface area (Å²) in [6.45, 7) is 2.94. The van der Waals surface area contributed by atoms with Crippen molar-refractivity contribution in [2.45, 2.75) is 38.6 Å². The lowest BCUT2D eigenvalue weighted by molar-refractivity contribution is -0.118. The predicted octanol–water partition coefficient (Wildman–Crippen LogP) is 3.23. The molecule has 1 aromatic carbocycles. The van der Waals surface area contributed by atoms with Gasteiger partial charge in [0, 0.05) is 10.2 Å². The molecule has 0 aromatic heterocycles. The molecule has 1 heterocycles. The molecule has 1 atom stereocenters. The first-order chi connectivity index (χ1) is 8.66. The smallest absolute Gasteiger partial charge is 0.241 e. The first kappa shape index (κ1) is 13.6. The summed E-state index contributed by atoms with van der Waals surface area (Å²) in [5.41, 5.74) is 1.97. The van der Waals surface area contributed by atoms with Gasteiger partial charge in [-0.15, -0.1) is 0 Å². The van der Waals surface area contributed by atoms with Gasteiger partial charge in [0.2, 0.25) is 5.91 Å². The van der Waals surface area contributed by atoms with Gasteiger partial charge in [-0.2, -0.15) is 0 Å². The number of aryl methyl sites for hydroxylation is 1. The van der Waals surface area contributed by atoms with Crippen LogP contribution in [0.2, 0.25) is 0 Å². The number of carbonyl (C=O) groups is 1. The van der Waals surface area contributed by atoms with Crippen LogP contribution in [0.25, 0.3) is 0 Å². The lowest BCUT2D eigenvalue weighted by Gasteiger charge is -2.16. The zero-order valence-corrected chi connectivity index (χ0v) is 12.2. The van der Waals surface area contributed by atoms with E-state index < -0.39 is 0 Å². The third-order valence-electron chi connectivity index (χ3n) is 3.32. The molecule has 2 N–H and O–H groups in total. The summed E-state index contributed by atoms with van der Waals surface area (Å²) in [4.78, 5) is 12.2. The van der Waals surface area contributed by atoms with E-state index >= 15 is 0 Å². The summed E-state index contributed by atoms with van der Waals surface area (Å²) in [5.74, 6) is 0.0855. The van der Waals surface area contributed by atoms with Gasteiger partial charge >= 0.3 is 0 Å². The third-order valence-corrected chi connectivity index (χ3v) is 3.82. The standard InChI is InChI=1S/C14H19BrN2O/c1-10-9-11(15)6-7-12(10)17-14(18)13-5-3-2-4-8-16-13/h6-7,9,13,16H,2-5,8H2,1H3,(H,17,18). The van der Waals surface area contributed by atoms with Crippen LogP contribution in [-0.2, 0) is 4.79 Å². The number of nitrogens with one attached hydrogen (secondary N) is 2. The Hall–Kier alpha value is -0.870. The van der Waals surface area contributed by atoms with Gasteiger partial charge in [-0.3, -0.25) is 4.79 Å². The Morgan fingerprint density at radius 3 is 3.00 bits per heavy atom. The van der Waals surface area contributed by atoms with Gasteiger partial charge in [0.15, 0.2) is 0 Å². The summed E-state index contributed by atoms with van der Waals surface area (Å²) >= 11 is 3.42. The fourth-order valence-corrected chi connectivity index (χ4v) is 2.72. The van der Waals surface area contributed by atoms with Crippen LogP contribution in [0, 0.1) is 6.92 Å². The molecule has 1 aliphatic rings. The average Bonchev–Trinajstić information content (AvgIpc) is 2.61. The average molecular weight is 311 g/mol. The fourth-order valence-electron chi connectivity index (χ4n) is 2.24. The predicted molar refractivity (Wildman–Crippen MR) is 77.8 cm³/mol. The van der Waals surface area contributed by atoms with Gasteiger partial charge in [0.05, 0.1) is 6.04 Å². The second-order valence-corrected chi connectivity index (χ2v) is 5.72. The van der Waals surface area contributed by atoms with Crippen LogP contribution in [0.4, 0.5) is 5.69 Å². The van der Waals surface area contributed by atoms with Crippen LogP contribution in [0.15, 0.2) is 22.7 Å². The van der Waals surface area contributed by atoms with Crippen molar-refractivity contribution in [2.24, 2.45) is 0 Å². The van der Waals surface area contributed by atoms with Gasteiger partial charge < -0.3 is 10.6 Å². The molecular formula is C14H19BrN2O. The van der Waals surface area contributed by atoms with Gasteiger partial charge in [-0.1, -0.05) is 28.8 Å². The highest BCUT2D eigenvalue weighted by Crippen LogP contribution is 2.20. The highest BCUT2D eigenvalue weighted by atomic mass is 79.9. The van der Waals surface area contributed by atoms with Crippen molar-refractivity contribution in [2.75, 3.05) is 11.9 Å². The Balaban J connectivity index is 2.01. The zero-order chi connectivity index (χ0) is 13.0. The summed E-state index contributed by atoms with van der Waals surface area (Å²) < 4.78 is 1.03. The number of benzene rings is 1. The van der Waals surface area contributed by atoms with E-state index in [0.29, 0.717) is 0 Å². The van der Waals surface area contributed by atoms with Crippen molar-refractivity contribution in [3.05, 3.63) is 28.2 Å². The van der Waals surface area contributed by atoms with Crippen LogP contribution in [-0.4, -0.2) is 18.5 Å². The molecule has 1 saturated heterocycles. The Labute approximate surface area is 116 Å². The van der Waals surface area contributed by atoms with Crippen molar-refractivity contribution in [3.8, 4) is 0 Å². The summed E-state index contributed by atoms with van der Waals surface area (Å²) in [5, 5.41) is 6.32. The Kier molecular flexibility index (Phi) is 4.78. The molecule has 1 amide bonds. The molecule has 2 rings (SSSR count). The van der Waals surface area contributed by atoms with E-state index in [1.54, 1.807) is 0 Å². The maximum absolute atomic E-state index is 12.2. The molecule has 0 saturated carbocycles. The molecule has 0 spiro atoms. The molecule has 4 heteroatoms. The van der Waals surface area contributed by atoms with Crippen molar-refractivity contribution in [1.82, 2.24) is 5.32 Å². The number of anilines is 1. The van der Waals surface area contributed by atoms with E-state index in [1.807, 2.05) is 25.1 Å². The van der Waals surface area contributed by atoms with Crippen LogP contribution >= 0.6 is 15.9 Å². The quantitative estimate of drug-likeness (QED) is 0.880. The largest absolute Gasteiger partial charge is 0.324 e. The van der Waals surface area contributed by atoms with Crippen LogP contribution in [0.3, 0.4) is 0 Å². The minimum absolute atomic E-state index is 0.0458. The van der Waals surface area contributed by atoms with Crippen molar-refractivity contribution in [1.29, 1.82) is 0 Å². The van der Waals surface area contributed by atoms with Crippen molar-refractivity contribution >= 4 is 27.5 Å². The molecule has 3 nitrogen and oxygen atoms in total. The summed E-state index contributed by atoms with van der Waals surface area (Å²) in [6.07, 6.45) is 4.45. The van der Waals surface area contributed by atoms with E-state index in [2.05, 4.69) is 26.6 Å². The van der Waals surface area contributed by atoms with Crippen molar-refractivity contribution < 1.29 is 4.79 Å². The molecule has 1 fully saturated rings. The zero-order valence-electron chi connectivity index (χ0n) is 10.6.